The topological polar surface area (TPSA) is 113 Å². The number of nitrogens with one attached hydrogen (secondary N) is 1. The van der Waals surface area contributed by atoms with Crippen LogP contribution in [0.25, 0.3) is 0 Å². The van der Waals surface area contributed by atoms with Crippen LogP contribution < -0.4 is 11.1 Å². The largest absolute Gasteiger partial charge is 0.481 e. The smallest absolute Gasteiger partial charge is 0.317 e. The van der Waals surface area contributed by atoms with E-state index < -0.39 is 5.97 Å². The molecule has 1 rings (SSSR count). The minimum absolute atomic E-state index is 0.0424. The van der Waals surface area contributed by atoms with Crippen molar-refractivity contribution in [3.05, 3.63) is 0 Å². The summed E-state index contributed by atoms with van der Waals surface area (Å²) in [7, 11) is 0. The van der Waals surface area contributed by atoms with Crippen molar-refractivity contribution in [1.82, 2.24) is 10.2 Å². The molecule has 0 spiro atoms. The average Bonchev–Trinajstić information content (AvgIpc) is 2.83. The maximum atomic E-state index is 11.8. The lowest BCUT2D eigenvalue weighted by atomic mass is 10.0. The molecule has 108 valence electrons. The summed E-state index contributed by atoms with van der Waals surface area (Å²) in [6.45, 7) is 3.07. The molecule has 0 aliphatic carbocycles. The maximum absolute atomic E-state index is 11.8. The number of hydrogen-bond acceptors (Lipinski definition) is 3. The first-order valence-corrected chi connectivity index (χ1v) is 6.47. The number of carboxylic acid groups (broad SMARTS) is 1. The summed E-state index contributed by atoms with van der Waals surface area (Å²) < 4.78 is 0. The van der Waals surface area contributed by atoms with Crippen molar-refractivity contribution in [2.45, 2.75) is 26.2 Å². The van der Waals surface area contributed by atoms with E-state index in [1.807, 2.05) is 6.92 Å². The number of aliphatic carboxylic acids is 1. The monoisotopic (exact) mass is 271 g/mol. The van der Waals surface area contributed by atoms with Crippen molar-refractivity contribution in [1.29, 1.82) is 0 Å². The molecule has 0 radical (unpaired) electrons. The summed E-state index contributed by atoms with van der Waals surface area (Å²) in [6.07, 6.45) is 1.33. The third kappa shape index (κ3) is 4.76. The van der Waals surface area contributed by atoms with Crippen molar-refractivity contribution >= 4 is 17.9 Å². The van der Waals surface area contributed by atoms with E-state index in [0.717, 1.165) is 0 Å². The number of carbonyl (C=O) groups is 3. The van der Waals surface area contributed by atoms with Crippen LogP contribution in [0.4, 0.5) is 4.79 Å². The first-order valence-electron chi connectivity index (χ1n) is 6.47. The Bertz CT molecular complexity index is 359. The fourth-order valence-electron chi connectivity index (χ4n) is 2.13. The molecule has 2 atom stereocenters. The quantitative estimate of drug-likeness (QED) is 0.631. The van der Waals surface area contributed by atoms with Crippen LogP contribution in [0.2, 0.25) is 0 Å². The van der Waals surface area contributed by atoms with Gasteiger partial charge < -0.3 is 21.1 Å². The van der Waals surface area contributed by atoms with Gasteiger partial charge >= 0.3 is 12.0 Å². The predicted molar refractivity (Wildman–Crippen MR) is 68.3 cm³/mol. The Labute approximate surface area is 112 Å². The highest BCUT2D eigenvalue weighted by Crippen LogP contribution is 2.15. The van der Waals surface area contributed by atoms with Gasteiger partial charge in [-0.1, -0.05) is 13.3 Å². The Balaban J connectivity index is 2.35. The van der Waals surface area contributed by atoms with Crippen LogP contribution >= 0.6 is 0 Å². The van der Waals surface area contributed by atoms with E-state index in [1.165, 1.54) is 0 Å². The molecule has 1 aliphatic rings. The second-order valence-corrected chi connectivity index (χ2v) is 4.89. The van der Waals surface area contributed by atoms with E-state index in [0.29, 0.717) is 32.5 Å². The molecule has 2 unspecified atom stereocenters. The van der Waals surface area contributed by atoms with Crippen LogP contribution in [0, 0.1) is 11.8 Å². The molecule has 1 heterocycles. The molecule has 19 heavy (non-hydrogen) atoms. The summed E-state index contributed by atoms with van der Waals surface area (Å²) in [6, 6.07) is -0.257. The molecular formula is C12H21N3O4. The number of nitrogens with zero attached hydrogens (tertiary/aromatic N) is 1. The highest BCUT2D eigenvalue weighted by molar-refractivity contribution is 5.80. The third-order valence-corrected chi connectivity index (χ3v) is 3.46. The number of amides is 3. The molecule has 1 aliphatic heterocycles. The number of rotatable bonds is 6. The van der Waals surface area contributed by atoms with Gasteiger partial charge in [0.2, 0.25) is 5.91 Å². The van der Waals surface area contributed by atoms with Crippen molar-refractivity contribution < 1.29 is 19.5 Å². The van der Waals surface area contributed by atoms with Gasteiger partial charge in [0, 0.05) is 26.1 Å². The molecule has 0 aromatic rings. The normalized spacial score (nSPS) is 20.1. The summed E-state index contributed by atoms with van der Waals surface area (Å²) in [5.41, 5.74) is 5.20. The predicted octanol–water partition coefficient (Wildman–Crippen LogP) is 0.00410. The van der Waals surface area contributed by atoms with Crippen molar-refractivity contribution in [2.24, 2.45) is 17.6 Å². The fraction of sp³-hybridized carbons (Fsp3) is 0.750. The van der Waals surface area contributed by atoms with Crippen LogP contribution in [-0.4, -0.2) is 47.5 Å². The number of hydrogen-bond donors (Lipinski definition) is 3. The Morgan fingerprint density at radius 2 is 2.16 bits per heavy atom. The number of urea groups is 1. The summed E-state index contributed by atoms with van der Waals surface area (Å²) in [4.78, 5) is 35.0. The maximum Gasteiger partial charge on any atom is 0.317 e. The second kappa shape index (κ2) is 6.96. The lowest BCUT2D eigenvalue weighted by Crippen LogP contribution is -2.41. The number of nitrogens with two attached hydrogens (primary N) is 1. The summed E-state index contributed by atoms with van der Waals surface area (Å²) in [5.74, 6) is -1.59. The van der Waals surface area contributed by atoms with E-state index in [2.05, 4.69) is 5.32 Å². The lowest BCUT2D eigenvalue weighted by Gasteiger charge is -2.19. The molecule has 0 aromatic carbocycles. The van der Waals surface area contributed by atoms with Crippen molar-refractivity contribution in [3.8, 4) is 0 Å². The average molecular weight is 271 g/mol. The second-order valence-electron chi connectivity index (χ2n) is 4.89. The van der Waals surface area contributed by atoms with Crippen molar-refractivity contribution in [2.75, 3.05) is 19.6 Å². The zero-order chi connectivity index (χ0) is 14.4. The van der Waals surface area contributed by atoms with Crippen molar-refractivity contribution in [3.63, 3.8) is 0 Å². The van der Waals surface area contributed by atoms with E-state index in [9.17, 15) is 14.4 Å². The number of likely N-dealkylation sites (tertiary alicyclic amines) is 1. The van der Waals surface area contributed by atoms with E-state index in [1.54, 1.807) is 4.90 Å². The zero-order valence-electron chi connectivity index (χ0n) is 11.1. The highest BCUT2D eigenvalue weighted by Gasteiger charge is 2.29. The third-order valence-electron chi connectivity index (χ3n) is 3.46. The zero-order valence-corrected chi connectivity index (χ0v) is 11.1. The van der Waals surface area contributed by atoms with E-state index >= 15 is 0 Å². The number of primary amides is 1. The highest BCUT2D eigenvalue weighted by atomic mass is 16.4. The summed E-state index contributed by atoms with van der Waals surface area (Å²) in [5, 5.41) is 11.4. The SMILES string of the molecule is CCC(CNC(=O)N1CCC(C(N)=O)C1)CC(=O)O. The molecule has 0 saturated carbocycles. The van der Waals surface area contributed by atoms with Crippen LogP contribution in [-0.2, 0) is 9.59 Å². The Morgan fingerprint density at radius 1 is 1.47 bits per heavy atom. The number of carbonyl (C=O) groups excluding carboxylic acids is 2. The van der Waals surface area contributed by atoms with Gasteiger partial charge in [-0.2, -0.15) is 0 Å². The fourth-order valence-corrected chi connectivity index (χ4v) is 2.13. The van der Waals surface area contributed by atoms with Gasteiger partial charge in [0.1, 0.15) is 0 Å². The Morgan fingerprint density at radius 3 is 2.63 bits per heavy atom. The Hall–Kier alpha value is -1.79. The van der Waals surface area contributed by atoms with E-state index in [4.69, 9.17) is 10.8 Å². The van der Waals surface area contributed by atoms with Gasteiger partial charge in [-0.3, -0.25) is 9.59 Å². The van der Waals surface area contributed by atoms with Crippen LogP contribution in [0.5, 0.6) is 0 Å². The van der Waals surface area contributed by atoms with Gasteiger partial charge in [-0.15, -0.1) is 0 Å². The Kier molecular flexibility index (Phi) is 5.59. The van der Waals surface area contributed by atoms with Crippen LogP contribution in [0.1, 0.15) is 26.2 Å². The van der Waals surface area contributed by atoms with E-state index in [-0.39, 0.29) is 30.2 Å². The first-order chi connectivity index (χ1) is 8.93. The lowest BCUT2D eigenvalue weighted by molar-refractivity contribution is -0.138. The first kappa shape index (κ1) is 15.3. The summed E-state index contributed by atoms with van der Waals surface area (Å²) >= 11 is 0. The van der Waals surface area contributed by atoms with Crippen LogP contribution in [0.3, 0.4) is 0 Å². The molecular weight excluding hydrogens is 250 g/mol. The minimum Gasteiger partial charge on any atom is -0.481 e. The molecule has 0 aromatic heterocycles. The molecule has 3 amide bonds. The molecule has 1 saturated heterocycles. The van der Waals surface area contributed by atoms with Gasteiger partial charge in [0.05, 0.1) is 5.92 Å². The van der Waals surface area contributed by atoms with Gasteiger partial charge in [-0.25, -0.2) is 4.79 Å². The molecule has 7 nitrogen and oxygen atoms in total. The molecule has 4 N–H and O–H groups in total. The molecule has 0 bridgehead atoms. The van der Waals surface area contributed by atoms with Crippen LogP contribution in [0.15, 0.2) is 0 Å². The standard InChI is InChI=1S/C12H21N3O4/c1-2-8(5-10(16)17)6-14-12(19)15-4-3-9(7-15)11(13)18/h8-9H,2-7H2,1H3,(H2,13,18)(H,14,19)(H,16,17). The molecule has 1 fully saturated rings. The molecule has 7 heteroatoms. The number of carboxylic acids is 1. The van der Waals surface area contributed by atoms with Gasteiger partial charge in [0.25, 0.3) is 0 Å². The van der Waals surface area contributed by atoms with Gasteiger partial charge in [-0.05, 0) is 12.3 Å². The minimum atomic E-state index is -0.865. The van der Waals surface area contributed by atoms with Gasteiger partial charge in [0.15, 0.2) is 0 Å².